The molecule has 224 valence electrons. The van der Waals surface area contributed by atoms with Crippen LogP contribution in [0.2, 0.25) is 0 Å². The number of carboxylic acid groups (broad SMARTS) is 4. The Morgan fingerprint density at radius 1 is 0.474 bits per heavy atom. The molecule has 0 heterocycles. The van der Waals surface area contributed by atoms with Crippen molar-refractivity contribution in [3.63, 3.8) is 0 Å². The van der Waals surface area contributed by atoms with Crippen LogP contribution in [-0.4, -0.2) is 44.3 Å². The van der Waals surface area contributed by atoms with E-state index in [2.05, 4.69) is 27.7 Å². The van der Waals surface area contributed by atoms with E-state index < -0.39 is 29.3 Å². The number of rotatable bonds is 24. The van der Waals surface area contributed by atoms with E-state index in [0.29, 0.717) is 38.5 Å². The second-order valence-corrected chi connectivity index (χ2v) is 11.5. The molecular formula is C30H56O8. The third-order valence-electron chi connectivity index (χ3n) is 6.90. The highest BCUT2D eigenvalue weighted by Crippen LogP contribution is 2.37. The molecule has 0 saturated heterocycles. The molecule has 0 rings (SSSR count). The van der Waals surface area contributed by atoms with Gasteiger partial charge in [-0.3, -0.25) is 19.2 Å². The fourth-order valence-electron chi connectivity index (χ4n) is 4.57. The molecule has 0 bridgehead atoms. The van der Waals surface area contributed by atoms with Crippen molar-refractivity contribution < 1.29 is 39.6 Å². The van der Waals surface area contributed by atoms with Gasteiger partial charge in [-0.15, -0.1) is 0 Å². The van der Waals surface area contributed by atoms with E-state index in [1.54, 1.807) is 0 Å². The van der Waals surface area contributed by atoms with Gasteiger partial charge in [0.2, 0.25) is 0 Å². The minimum atomic E-state index is -0.870. The monoisotopic (exact) mass is 544 g/mol. The zero-order chi connectivity index (χ0) is 29.4. The van der Waals surface area contributed by atoms with Crippen LogP contribution in [0.4, 0.5) is 0 Å². The summed E-state index contributed by atoms with van der Waals surface area (Å²) in [5.74, 6) is -1.84. The van der Waals surface area contributed by atoms with Gasteiger partial charge in [-0.1, -0.05) is 91.9 Å². The molecular weight excluding hydrogens is 488 g/mol. The Labute approximate surface area is 230 Å². The number of hydrogen-bond donors (Lipinski definition) is 4. The molecule has 8 nitrogen and oxygen atoms in total. The van der Waals surface area contributed by atoms with Crippen molar-refractivity contribution in [2.45, 2.75) is 150 Å². The van der Waals surface area contributed by atoms with Crippen molar-refractivity contribution in [1.82, 2.24) is 0 Å². The highest BCUT2D eigenvalue weighted by molar-refractivity contribution is 5.74. The Bertz CT molecular complexity index is 606. The summed E-state index contributed by atoms with van der Waals surface area (Å²) in [6, 6.07) is 0. The lowest BCUT2D eigenvalue weighted by Crippen LogP contribution is -2.31. The predicted molar refractivity (Wildman–Crippen MR) is 150 cm³/mol. The maximum atomic E-state index is 12.2. The first-order chi connectivity index (χ1) is 17.8. The summed E-state index contributed by atoms with van der Waals surface area (Å²) in [4.78, 5) is 42.8. The molecule has 0 saturated carbocycles. The molecule has 38 heavy (non-hydrogen) atoms. The molecule has 0 aromatic carbocycles. The highest BCUT2D eigenvalue weighted by atomic mass is 16.4. The smallest absolute Gasteiger partial charge is 0.309 e. The molecule has 0 fully saturated rings. The molecule has 0 amide bonds. The molecule has 0 spiro atoms. The molecule has 4 N–H and O–H groups in total. The Kier molecular flexibility index (Phi) is 24.0. The van der Waals surface area contributed by atoms with E-state index >= 15 is 0 Å². The number of aliphatic carboxylic acids is 4. The lowest BCUT2D eigenvalue weighted by atomic mass is 9.74. The SMILES string of the molecule is CC(C)CCCCCCC(CCCCCCC(C)C)(CCCC(=O)O)C(=O)O.O=C(O)CCCCC(=O)O. The largest absolute Gasteiger partial charge is 0.481 e. The van der Waals surface area contributed by atoms with Crippen LogP contribution >= 0.6 is 0 Å². The Balaban J connectivity index is 0. The van der Waals surface area contributed by atoms with Gasteiger partial charge in [0.1, 0.15) is 0 Å². The van der Waals surface area contributed by atoms with E-state index in [4.69, 9.17) is 15.3 Å². The molecule has 8 heteroatoms. The fourth-order valence-corrected chi connectivity index (χ4v) is 4.57. The summed E-state index contributed by atoms with van der Waals surface area (Å²) in [5.41, 5.74) is -0.731. The summed E-state index contributed by atoms with van der Waals surface area (Å²) >= 11 is 0. The number of carboxylic acids is 4. The first-order valence-electron chi connectivity index (χ1n) is 14.7. The van der Waals surface area contributed by atoms with Crippen LogP contribution in [0.5, 0.6) is 0 Å². The lowest BCUT2D eigenvalue weighted by Gasteiger charge is -2.30. The fraction of sp³-hybridized carbons (Fsp3) is 0.867. The number of carbonyl (C=O) groups is 4. The van der Waals surface area contributed by atoms with Crippen LogP contribution in [0, 0.1) is 17.3 Å². The summed E-state index contributed by atoms with van der Waals surface area (Å²) in [6.45, 7) is 8.94. The maximum Gasteiger partial charge on any atom is 0.309 e. The molecule has 0 aliphatic rings. The summed E-state index contributed by atoms with van der Waals surface area (Å²) in [6.07, 6.45) is 14.7. The van der Waals surface area contributed by atoms with E-state index in [-0.39, 0.29) is 19.3 Å². The first-order valence-corrected chi connectivity index (χ1v) is 14.7. The normalized spacial score (nSPS) is 11.3. The molecule has 0 unspecified atom stereocenters. The molecule has 0 aliphatic carbocycles. The van der Waals surface area contributed by atoms with Crippen LogP contribution in [0.1, 0.15) is 150 Å². The standard InChI is InChI=1S/C24H46O4.C6H10O4/c1-20(2)14-9-5-7-11-17-24(23(27)28,19-13-16-22(25)26)18-12-8-6-10-15-21(3)4;7-5(8)3-1-2-4-6(9)10/h20-21H,5-19H2,1-4H3,(H,25,26)(H,27,28);1-4H2,(H,7,8)(H,9,10). The topological polar surface area (TPSA) is 149 Å². The third-order valence-corrected chi connectivity index (χ3v) is 6.90. The molecule has 0 aromatic heterocycles. The van der Waals surface area contributed by atoms with Gasteiger partial charge in [0, 0.05) is 19.3 Å². The van der Waals surface area contributed by atoms with Crippen LogP contribution in [-0.2, 0) is 19.2 Å². The Hall–Kier alpha value is -2.12. The second kappa shape index (κ2) is 24.0. The van der Waals surface area contributed by atoms with Crippen molar-refractivity contribution >= 4 is 23.9 Å². The minimum Gasteiger partial charge on any atom is -0.481 e. The van der Waals surface area contributed by atoms with Crippen molar-refractivity contribution in [3.05, 3.63) is 0 Å². The summed E-state index contributed by atoms with van der Waals surface area (Å²) in [5, 5.41) is 35.2. The molecule has 0 atom stereocenters. The van der Waals surface area contributed by atoms with Gasteiger partial charge in [0.25, 0.3) is 0 Å². The first kappa shape index (κ1) is 38.0. The second-order valence-electron chi connectivity index (χ2n) is 11.5. The quantitative estimate of drug-likeness (QED) is 0.0892. The average molecular weight is 545 g/mol. The van der Waals surface area contributed by atoms with Gasteiger partial charge in [0.05, 0.1) is 5.41 Å². The van der Waals surface area contributed by atoms with E-state index in [1.807, 2.05) is 0 Å². The highest BCUT2D eigenvalue weighted by Gasteiger charge is 2.36. The van der Waals surface area contributed by atoms with Gasteiger partial charge in [-0.05, 0) is 50.4 Å². The Morgan fingerprint density at radius 3 is 1.11 bits per heavy atom. The zero-order valence-corrected chi connectivity index (χ0v) is 24.5. The van der Waals surface area contributed by atoms with Crippen molar-refractivity contribution in [2.75, 3.05) is 0 Å². The van der Waals surface area contributed by atoms with Crippen LogP contribution in [0.15, 0.2) is 0 Å². The van der Waals surface area contributed by atoms with E-state index in [1.165, 1.54) is 25.7 Å². The van der Waals surface area contributed by atoms with Gasteiger partial charge < -0.3 is 20.4 Å². The van der Waals surface area contributed by atoms with Gasteiger partial charge in [0.15, 0.2) is 0 Å². The van der Waals surface area contributed by atoms with Gasteiger partial charge in [-0.2, -0.15) is 0 Å². The molecule has 0 aromatic rings. The summed E-state index contributed by atoms with van der Waals surface area (Å²) < 4.78 is 0. The van der Waals surface area contributed by atoms with Crippen molar-refractivity contribution in [3.8, 4) is 0 Å². The van der Waals surface area contributed by atoms with Crippen LogP contribution in [0.3, 0.4) is 0 Å². The average Bonchev–Trinajstić information content (AvgIpc) is 2.80. The summed E-state index contributed by atoms with van der Waals surface area (Å²) in [7, 11) is 0. The zero-order valence-electron chi connectivity index (χ0n) is 24.5. The minimum absolute atomic E-state index is 0.0628. The Morgan fingerprint density at radius 2 is 0.789 bits per heavy atom. The van der Waals surface area contributed by atoms with Crippen LogP contribution < -0.4 is 0 Å². The van der Waals surface area contributed by atoms with Gasteiger partial charge >= 0.3 is 23.9 Å². The lowest BCUT2D eigenvalue weighted by molar-refractivity contribution is -0.151. The van der Waals surface area contributed by atoms with E-state index in [0.717, 1.165) is 50.4 Å². The molecule has 0 radical (unpaired) electrons. The number of hydrogen-bond acceptors (Lipinski definition) is 4. The van der Waals surface area contributed by atoms with Gasteiger partial charge in [-0.25, -0.2) is 0 Å². The predicted octanol–water partition coefficient (Wildman–Crippen LogP) is 8.02. The van der Waals surface area contributed by atoms with E-state index in [9.17, 15) is 24.3 Å². The van der Waals surface area contributed by atoms with Crippen LogP contribution in [0.25, 0.3) is 0 Å². The van der Waals surface area contributed by atoms with Crippen molar-refractivity contribution in [1.29, 1.82) is 0 Å². The number of unbranched alkanes of at least 4 members (excludes halogenated alkanes) is 7. The van der Waals surface area contributed by atoms with Crippen molar-refractivity contribution in [2.24, 2.45) is 17.3 Å². The molecule has 0 aliphatic heterocycles. The third kappa shape index (κ3) is 25.5. The maximum absolute atomic E-state index is 12.2.